The second kappa shape index (κ2) is 10.2. The number of alkyl halides is 2. The summed E-state index contributed by atoms with van der Waals surface area (Å²) in [6.45, 7) is 1.63. The molecular weight excluding hydrogens is 438 g/mol. The van der Waals surface area contributed by atoms with Crippen LogP contribution in [0, 0.1) is 6.92 Å². The maximum atomic E-state index is 13.0. The second-order valence-electron chi connectivity index (χ2n) is 6.78. The summed E-state index contributed by atoms with van der Waals surface area (Å²) in [6.07, 6.45) is 0.216. The number of aromatic nitrogens is 2. The first-order chi connectivity index (χ1) is 15.3. The van der Waals surface area contributed by atoms with Gasteiger partial charge in [-0.25, -0.2) is 18.7 Å². The lowest BCUT2D eigenvalue weighted by Gasteiger charge is -2.10. The Morgan fingerprint density at radius 2 is 1.94 bits per heavy atom. The Bertz CT molecular complexity index is 1170. The van der Waals surface area contributed by atoms with Crippen molar-refractivity contribution >= 4 is 23.6 Å². The number of aryl methyl sites for hydroxylation is 1. The number of hydrogen-bond acceptors (Lipinski definition) is 7. The minimum absolute atomic E-state index is 0.0646. The Kier molecular flexibility index (Phi) is 7.42. The summed E-state index contributed by atoms with van der Waals surface area (Å²) in [5.74, 6) is 0.0798. The molecule has 9 heteroatoms. The number of hydrogen-bond donors (Lipinski definition) is 2. The minimum atomic E-state index is -2.68. The number of ether oxygens (including phenoxy) is 1. The number of allylic oxidation sites excluding steroid dienone is 1. The number of aromatic hydroxyl groups is 2. The van der Waals surface area contributed by atoms with E-state index >= 15 is 0 Å². The van der Waals surface area contributed by atoms with E-state index in [0.29, 0.717) is 22.8 Å². The largest absolute Gasteiger partial charge is 0.508 e. The molecule has 0 amide bonds. The fourth-order valence-corrected chi connectivity index (χ4v) is 3.78. The second-order valence-corrected chi connectivity index (χ2v) is 7.72. The number of rotatable bonds is 8. The molecule has 0 spiro atoms. The maximum absolute atomic E-state index is 13.0. The topological polar surface area (TPSA) is 92.5 Å². The van der Waals surface area contributed by atoms with Crippen molar-refractivity contribution in [3.05, 3.63) is 76.6 Å². The van der Waals surface area contributed by atoms with Gasteiger partial charge in [-0.15, -0.1) is 0 Å². The standard InChI is InChI=1S/C23H20F2N2O4S/c1-13-9-18(22(24)25)27-23(26-13)32-12-15-10-14(4-8-21(15)31-2)3-7-19(29)17-6-5-16(28)11-20(17)30/h3-11,22,28,30H,12H2,1-2H3/b7-3+. The smallest absolute Gasteiger partial charge is 0.280 e. The predicted octanol–water partition coefficient (Wildman–Crippen LogP) is 5.33. The van der Waals surface area contributed by atoms with Crippen LogP contribution in [0.25, 0.3) is 6.08 Å². The normalized spacial score (nSPS) is 11.3. The minimum Gasteiger partial charge on any atom is -0.508 e. The fourth-order valence-electron chi connectivity index (χ4n) is 2.89. The van der Waals surface area contributed by atoms with Gasteiger partial charge in [-0.3, -0.25) is 4.79 Å². The van der Waals surface area contributed by atoms with Gasteiger partial charge < -0.3 is 14.9 Å². The number of benzene rings is 2. The molecule has 0 aliphatic rings. The molecule has 2 N–H and O–H groups in total. The lowest BCUT2D eigenvalue weighted by atomic mass is 10.1. The van der Waals surface area contributed by atoms with Crippen LogP contribution in [0.2, 0.25) is 0 Å². The molecule has 3 aromatic rings. The molecule has 1 heterocycles. The van der Waals surface area contributed by atoms with Crippen molar-refractivity contribution in [2.75, 3.05) is 7.11 Å². The number of nitrogens with zero attached hydrogens (tertiary/aromatic N) is 2. The van der Waals surface area contributed by atoms with Crippen molar-refractivity contribution in [3.63, 3.8) is 0 Å². The Balaban J connectivity index is 1.78. The summed E-state index contributed by atoms with van der Waals surface area (Å²) < 4.78 is 31.4. The predicted molar refractivity (Wildman–Crippen MR) is 117 cm³/mol. The third-order valence-corrected chi connectivity index (χ3v) is 5.31. The monoisotopic (exact) mass is 458 g/mol. The molecule has 0 aliphatic heterocycles. The van der Waals surface area contributed by atoms with Gasteiger partial charge in [0.25, 0.3) is 6.43 Å². The number of ketones is 1. The highest BCUT2D eigenvalue weighted by Gasteiger charge is 2.13. The van der Waals surface area contributed by atoms with Gasteiger partial charge in [0.15, 0.2) is 10.9 Å². The van der Waals surface area contributed by atoms with Crippen molar-refractivity contribution in [1.82, 2.24) is 9.97 Å². The van der Waals surface area contributed by atoms with E-state index in [4.69, 9.17) is 4.74 Å². The summed E-state index contributed by atoms with van der Waals surface area (Å²) in [5, 5.41) is 19.4. The van der Waals surface area contributed by atoms with Crippen LogP contribution >= 0.6 is 11.8 Å². The van der Waals surface area contributed by atoms with Crippen LogP contribution in [-0.4, -0.2) is 33.1 Å². The van der Waals surface area contributed by atoms with Crippen molar-refractivity contribution in [1.29, 1.82) is 0 Å². The van der Waals surface area contributed by atoms with E-state index < -0.39 is 12.2 Å². The summed E-state index contributed by atoms with van der Waals surface area (Å²) in [6, 6.07) is 10.3. The average Bonchev–Trinajstić information content (AvgIpc) is 2.75. The van der Waals surface area contributed by atoms with E-state index in [9.17, 15) is 23.8 Å². The number of phenolic OH excluding ortho intramolecular Hbond substituents is 2. The number of halogens is 2. The van der Waals surface area contributed by atoms with Gasteiger partial charge in [0.05, 0.1) is 12.7 Å². The van der Waals surface area contributed by atoms with Crippen LogP contribution < -0.4 is 4.74 Å². The first kappa shape index (κ1) is 23.2. The first-order valence-electron chi connectivity index (χ1n) is 9.44. The molecular formula is C23H20F2N2O4S. The molecule has 0 radical (unpaired) electrons. The fraction of sp³-hybridized carbons (Fsp3) is 0.174. The van der Waals surface area contributed by atoms with E-state index in [1.807, 2.05) is 0 Å². The van der Waals surface area contributed by atoms with Crippen molar-refractivity contribution in [3.8, 4) is 17.2 Å². The summed E-state index contributed by atoms with van der Waals surface area (Å²) in [5.41, 5.74) is 1.67. The van der Waals surface area contributed by atoms with Crippen LogP contribution in [0.4, 0.5) is 8.78 Å². The quantitative estimate of drug-likeness (QED) is 0.204. The first-order valence-corrected chi connectivity index (χ1v) is 10.4. The van der Waals surface area contributed by atoms with Gasteiger partial charge in [0, 0.05) is 23.1 Å². The molecule has 0 saturated carbocycles. The van der Waals surface area contributed by atoms with Gasteiger partial charge >= 0.3 is 0 Å². The molecule has 32 heavy (non-hydrogen) atoms. The molecule has 6 nitrogen and oxygen atoms in total. The molecule has 0 unspecified atom stereocenters. The molecule has 0 saturated heterocycles. The lowest BCUT2D eigenvalue weighted by Crippen LogP contribution is -1.98. The van der Waals surface area contributed by atoms with Crippen LogP contribution in [0.5, 0.6) is 17.2 Å². The Morgan fingerprint density at radius 1 is 1.16 bits per heavy atom. The zero-order valence-electron chi connectivity index (χ0n) is 17.3. The number of phenols is 2. The number of methoxy groups -OCH3 is 1. The van der Waals surface area contributed by atoms with E-state index in [2.05, 4.69) is 9.97 Å². The van der Waals surface area contributed by atoms with Gasteiger partial charge in [-0.05, 0) is 48.9 Å². The van der Waals surface area contributed by atoms with E-state index in [-0.39, 0.29) is 27.9 Å². The molecule has 0 bridgehead atoms. The van der Waals surface area contributed by atoms with E-state index in [1.54, 1.807) is 31.2 Å². The highest BCUT2D eigenvalue weighted by atomic mass is 32.2. The summed E-state index contributed by atoms with van der Waals surface area (Å²) >= 11 is 1.20. The highest BCUT2D eigenvalue weighted by molar-refractivity contribution is 7.98. The van der Waals surface area contributed by atoms with E-state index in [0.717, 1.165) is 11.6 Å². The summed E-state index contributed by atoms with van der Waals surface area (Å²) in [7, 11) is 1.52. The highest BCUT2D eigenvalue weighted by Crippen LogP contribution is 2.29. The molecule has 1 aromatic heterocycles. The van der Waals surface area contributed by atoms with Gasteiger partial charge in [-0.2, -0.15) is 0 Å². The molecule has 3 rings (SSSR count). The average molecular weight is 458 g/mol. The maximum Gasteiger partial charge on any atom is 0.280 e. The Morgan fingerprint density at radius 3 is 2.62 bits per heavy atom. The third kappa shape index (κ3) is 5.82. The number of carbonyl (C=O) groups excluding carboxylic acids is 1. The molecule has 166 valence electrons. The summed E-state index contributed by atoms with van der Waals surface area (Å²) in [4.78, 5) is 20.4. The molecule has 0 fully saturated rings. The van der Waals surface area contributed by atoms with Crippen LogP contribution in [0.15, 0.2) is 53.7 Å². The third-order valence-electron chi connectivity index (χ3n) is 4.41. The number of thioether (sulfide) groups is 1. The Hall–Kier alpha value is -3.46. The molecule has 0 atom stereocenters. The molecule has 2 aromatic carbocycles. The number of carbonyl (C=O) groups is 1. The molecule has 0 aliphatic carbocycles. The Labute approximate surface area is 187 Å². The van der Waals surface area contributed by atoms with E-state index in [1.165, 1.54) is 43.1 Å². The van der Waals surface area contributed by atoms with Crippen LogP contribution in [0.1, 0.15) is 39.3 Å². The lowest BCUT2D eigenvalue weighted by molar-refractivity contribution is 0.104. The zero-order valence-corrected chi connectivity index (χ0v) is 18.1. The SMILES string of the molecule is COc1ccc(/C=C/C(=O)c2ccc(O)cc2O)cc1CSc1nc(C)cc(C(F)F)n1. The van der Waals surface area contributed by atoms with Crippen molar-refractivity contribution in [2.24, 2.45) is 0 Å². The van der Waals surface area contributed by atoms with Gasteiger partial charge in [-0.1, -0.05) is 23.9 Å². The van der Waals surface area contributed by atoms with Crippen molar-refractivity contribution < 1.29 is 28.5 Å². The zero-order chi connectivity index (χ0) is 23.3. The van der Waals surface area contributed by atoms with Crippen LogP contribution in [0.3, 0.4) is 0 Å². The van der Waals surface area contributed by atoms with Crippen molar-refractivity contribution in [2.45, 2.75) is 24.3 Å². The van der Waals surface area contributed by atoms with Crippen LogP contribution in [-0.2, 0) is 5.75 Å². The van der Waals surface area contributed by atoms with Gasteiger partial charge in [0.2, 0.25) is 0 Å². The van der Waals surface area contributed by atoms with Gasteiger partial charge in [0.1, 0.15) is 22.9 Å².